The zero-order chi connectivity index (χ0) is 25.8. The van der Waals surface area contributed by atoms with Gasteiger partial charge in [-0.25, -0.2) is 0 Å². The number of allylic oxidation sites excluding steroid dienone is 1. The van der Waals surface area contributed by atoms with Crippen LogP contribution in [0.15, 0.2) is 15.3 Å². The molecule has 5 heteroatoms. The van der Waals surface area contributed by atoms with Crippen LogP contribution in [0.4, 0.5) is 0 Å². The first-order valence-corrected chi connectivity index (χ1v) is 22.6. The standard InChI is InChI=1S/C18H31N2O2.3C4H9.Sn/c1-6-7-8-9-15-12-18(11-10-16(15)19-20(4)5)21-13-17(2,3)14-22-18;3*1-3-4-2;/h1,6,15H,7-14H2,2-5H3;3*1,3-4H2,2H3;/b6-1?,19-16+;;;;. The third-order valence-electron chi connectivity index (χ3n) is 8.05. The molecule has 1 aliphatic carbocycles. The molecule has 0 bridgehead atoms. The van der Waals surface area contributed by atoms with Crippen LogP contribution in [0, 0.1) is 11.3 Å². The molecule has 2 rings (SSSR count). The van der Waals surface area contributed by atoms with Gasteiger partial charge in [0.15, 0.2) is 0 Å². The first kappa shape index (κ1) is 31.1. The van der Waals surface area contributed by atoms with Crippen molar-refractivity contribution < 1.29 is 9.47 Å². The van der Waals surface area contributed by atoms with Crippen molar-refractivity contribution in [2.45, 2.75) is 131 Å². The Morgan fingerprint density at radius 3 is 2.03 bits per heavy atom. The Morgan fingerprint density at radius 1 is 0.943 bits per heavy atom. The summed E-state index contributed by atoms with van der Waals surface area (Å²) in [4.78, 5) is 0. The Balaban J connectivity index is 2.00. The molecule has 204 valence electrons. The molecule has 1 atom stereocenters. The second-order valence-electron chi connectivity index (χ2n) is 12.5. The van der Waals surface area contributed by atoms with Crippen LogP contribution in [0.1, 0.15) is 112 Å². The fraction of sp³-hybridized carbons (Fsp3) is 0.900. The van der Waals surface area contributed by atoms with E-state index in [2.05, 4.69) is 44.8 Å². The number of unbranched alkanes of at least 4 members (excludes halogenated alkanes) is 4. The Labute approximate surface area is 222 Å². The number of rotatable bonds is 15. The Morgan fingerprint density at radius 2 is 1.51 bits per heavy atom. The van der Waals surface area contributed by atoms with Crippen LogP contribution in [0.2, 0.25) is 13.3 Å². The van der Waals surface area contributed by atoms with Gasteiger partial charge in [-0.05, 0) is 0 Å². The molecule has 1 saturated carbocycles. The minimum atomic E-state index is -2.15. The molecule has 0 aromatic carbocycles. The van der Waals surface area contributed by atoms with Gasteiger partial charge in [-0.2, -0.15) is 0 Å². The molecule has 1 aliphatic heterocycles. The summed E-state index contributed by atoms with van der Waals surface area (Å²) >= 11 is -2.15. The van der Waals surface area contributed by atoms with Gasteiger partial charge >= 0.3 is 223 Å². The fourth-order valence-corrected chi connectivity index (χ4v) is 20.3. The first-order valence-electron chi connectivity index (χ1n) is 14.9. The summed E-state index contributed by atoms with van der Waals surface area (Å²) in [6.45, 7) is 13.2. The zero-order valence-electron chi connectivity index (χ0n) is 24.5. The summed E-state index contributed by atoms with van der Waals surface area (Å²) in [5, 5.41) is 6.87. The molecule has 0 radical (unpaired) electrons. The van der Waals surface area contributed by atoms with Crippen molar-refractivity contribution in [2.24, 2.45) is 16.4 Å². The normalized spacial score (nSPS) is 23.4. The van der Waals surface area contributed by atoms with E-state index in [-0.39, 0.29) is 11.2 Å². The number of hydrazone groups is 1. The van der Waals surface area contributed by atoms with E-state index in [1.165, 1.54) is 63.5 Å². The summed E-state index contributed by atoms with van der Waals surface area (Å²) in [6, 6.07) is 0. The van der Waals surface area contributed by atoms with Gasteiger partial charge in [-0.15, -0.1) is 0 Å². The molecule has 2 fully saturated rings. The molecular weight excluding hydrogens is 539 g/mol. The molecule has 4 nitrogen and oxygen atoms in total. The van der Waals surface area contributed by atoms with E-state index in [9.17, 15) is 0 Å². The van der Waals surface area contributed by atoms with E-state index in [0.717, 1.165) is 32.5 Å². The second-order valence-corrected chi connectivity index (χ2v) is 25.5. The van der Waals surface area contributed by atoms with Gasteiger partial charge in [-0.3, -0.25) is 0 Å². The Hall–Kier alpha value is -0.0713. The minimum absolute atomic E-state index is 0.120. The van der Waals surface area contributed by atoms with Crippen molar-refractivity contribution >= 4 is 24.1 Å². The fourth-order valence-electron chi connectivity index (χ4n) is 5.80. The number of hydrogen-bond acceptors (Lipinski definition) is 4. The molecule has 1 spiro atoms. The maximum atomic E-state index is 6.39. The monoisotopic (exact) mass is 598 g/mol. The van der Waals surface area contributed by atoms with E-state index in [4.69, 9.17) is 14.6 Å². The van der Waals surface area contributed by atoms with Crippen LogP contribution < -0.4 is 0 Å². The third-order valence-corrected chi connectivity index (χ3v) is 22.3. The number of nitrogens with zero attached hydrogens (tertiary/aromatic N) is 2. The molecule has 0 aromatic heterocycles. The van der Waals surface area contributed by atoms with Gasteiger partial charge < -0.3 is 0 Å². The van der Waals surface area contributed by atoms with Gasteiger partial charge in [0.1, 0.15) is 0 Å². The van der Waals surface area contributed by atoms with Gasteiger partial charge in [0.2, 0.25) is 0 Å². The molecular formula is C30H58N2O2Sn. The summed E-state index contributed by atoms with van der Waals surface area (Å²) < 4.78 is 20.3. The molecule has 35 heavy (non-hydrogen) atoms. The second kappa shape index (κ2) is 15.4. The van der Waals surface area contributed by atoms with Crippen molar-refractivity contribution in [3.8, 4) is 0 Å². The van der Waals surface area contributed by atoms with E-state index in [0.29, 0.717) is 5.92 Å². The van der Waals surface area contributed by atoms with Crippen LogP contribution in [0.25, 0.3) is 0 Å². The van der Waals surface area contributed by atoms with E-state index in [1.807, 2.05) is 19.1 Å². The zero-order valence-corrected chi connectivity index (χ0v) is 27.3. The Kier molecular flexibility index (Phi) is 13.7. The molecule has 1 saturated heterocycles. The molecule has 0 N–H and O–H groups in total. The van der Waals surface area contributed by atoms with Crippen LogP contribution >= 0.6 is 0 Å². The van der Waals surface area contributed by atoms with Crippen molar-refractivity contribution in [1.82, 2.24) is 5.01 Å². The summed E-state index contributed by atoms with van der Waals surface area (Å²) in [5.74, 6) is 0.0854. The van der Waals surface area contributed by atoms with Crippen LogP contribution in [-0.4, -0.2) is 62.2 Å². The van der Waals surface area contributed by atoms with Crippen LogP contribution in [0.3, 0.4) is 0 Å². The van der Waals surface area contributed by atoms with E-state index >= 15 is 0 Å². The number of hydrogen-bond donors (Lipinski definition) is 0. The van der Waals surface area contributed by atoms with Crippen molar-refractivity contribution in [2.75, 3.05) is 27.3 Å². The Bertz CT molecular complexity index is 627. The number of ether oxygens (including phenoxy) is 2. The van der Waals surface area contributed by atoms with E-state index in [1.54, 1.807) is 13.3 Å². The summed E-state index contributed by atoms with van der Waals surface area (Å²) in [6.07, 6.45) is 17.5. The quantitative estimate of drug-likeness (QED) is 0.108. The average Bonchev–Trinajstić information content (AvgIpc) is 2.83. The van der Waals surface area contributed by atoms with E-state index < -0.39 is 18.4 Å². The summed E-state index contributed by atoms with van der Waals surface area (Å²) in [7, 11) is 4.09. The predicted molar refractivity (Wildman–Crippen MR) is 155 cm³/mol. The first-order chi connectivity index (χ1) is 16.7. The molecule has 0 amide bonds. The van der Waals surface area contributed by atoms with Gasteiger partial charge in [0, 0.05) is 0 Å². The van der Waals surface area contributed by atoms with Crippen LogP contribution in [0.5, 0.6) is 0 Å². The maximum absolute atomic E-state index is 6.39. The van der Waals surface area contributed by atoms with Gasteiger partial charge in [0.05, 0.1) is 0 Å². The van der Waals surface area contributed by atoms with Crippen molar-refractivity contribution in [3.63, 3.8) is 0 Å². The SMILES string of the molecule is CCC[CH2][Sn](/[CH]=C\CCCC1CC2(CC/C1=N\N(C)C)OCC(C)(C)CO2)([CH2]CCC)[CH2]CCC. The van der Waals surface area contributed by atoms with Gasteiger partial charge in [0.25, 0.3) is 0 Å². The topological polar surface area (TPSA) is 34.1 Å². The molecule has 1 heterocycles. The summed E-state index contributed by atoms with van der Waals surface area (Å²) in [5.41, 5.74) is 1.47. The average molecular weight is 598 g/mol. The van der Waals surface area contributed by atoms with Crippen LogP contribution in [-0.2, 0) is 9.47 Å². The van der Waals surface area contributed by atoms with Crippen molar-refractivity contribution in [1.29, 1.82) is 0 Å². The predicted octanol–water partition coefficient (Wildman–Crippen LogP) is 8.59. The third kappa shape index (κ3) is 10.7. The molecule has 2 aliphatic rings. The molecule has 0 aromatic rings. The van der Waals surface area contributed by atoms with Gasteiger partial charge in [-0.1, -0.05) is 0 Å². The van der Waals surface area contributed by atoms with Crippen molar-refractivity contribution in [3.05, 3.63) is 10.2 Å². The molecule has 1 unspecified atom stereocenters.